The number of hydrogen-bond acceptors (Lipinski definition) is 2. The zero-order chi connectivity index (χ0) is 19.2. The minimum Gasteiger partial charge on any atom is -0.241 e. The topological polar surface area (TPSA) is 12.9 Å². The van der Waals surface area contributed by atoms with E-state index >= 15 is 0 Å². The van der Waals surface area contributed by atoms with Gasteiger partial charge in [0.25, 0.3) is 0 Å². The molecule has 0 radical (unpaired) electrons. The van der Waals surface area contributed by atoms with E-state index in [4.69, 9.17) is 4.98 Å². The van der Waals surface area contributed by atoms with Crippen molar-refractivity contribution in [2.45, 2.75) is 70.1 Å². The summed E-state index contributed by atoms with van der Waals surface area (Å²) in [7, 11) is 0. The van der Waals surface area contributed by atoms with Crippen molar-refractivity contribution in [3.05, 3.63) is 52.0 Å². The average molecular weight is 400 g/mol. The Labute approximate surface area is 177 Å². The summed E-state index contributed by atoms with van der Waals surface area (Å²) < 4.78 is 0. The molecule has 4 fully saturated rings. The molecule has 0 amide bonds. The highest BCUT2D eigenvalue weighted by molar-refractivity contribution is 7.19. The van der Waals surface area contributed by atoms with Crippen molar-refractivity contribution < 1.29 is 0 Å². The van der Waals surface area contributed by atoms with E-state index in [0.717, 1.165) is 17.8 Å². The minimum atomic E-state index is 0.372. The molecule has 0 unspecified atom stereocenters. The van der Waals surface area contributed by atoms with Crippen LogP contribution in [-0.2, 0) is 18.3 Å². The van der Waals surface area contributed by atoms with Gasteiger partial charge in [-0.2, -0.15) is 0 Å². The number of thiophene rings is 1. The molecule has 4 saturated carbocycles. The number of rotatable bonds is 2. The molecule has 5 aliphatic carbocycles. The third kappa shape index (κ3) is 2.48. The monoisotopic (exact) mass is 399 g/mol. The fourth-order valence-electron chi connectivity index (χ4n) is 7.75. The maximum Gasteiger partial charge on any atom is 0.124 e. The van der Waals surface area contributed by atoms with Crippen molar-refractivity contribution in [1.29, 1.82) is 0 Å². The van der Waals surface area contributed by atoms with E-state index in [1.54, 1.807) is 10.4 Å². The van der Waals surface area contributed by atoms with Gasteiger partial charge in [-0.05, 0) is 105 Å². The van der Waals surface area contributed by atoms with E-state index in [1.165, 1.54) is 90.4 Å². The molecule has 3 aromatic rings. The lowest BCUT2D eigenvalue weighted by Crippen LogP contribution is -2.48. The quantitative estimate of drug-likeness (QED) is 0.443. The van der Waals surface area contributed by atoms with Gasteiger partial charge in [0.05, 0.1) is 0 Å². The molecule has 148 valence electrons. The third-order valence-corrected chi connectivity index (χ3v) is 9.80. The first kappa shape index (κ1) is 17.1. The molecule has 1 nitrogen and oxygen atoms in total. The highest BCUT2D eigenvalue weighted by Crippen LogP contribution is 2.61. The third-order valence-electron chi connectivity index (χ3n) is 8.62. The van der Waals surface area contributed by atoms with Gasteiger partial charge in [0.1, 0.15) is 4.83 Å². The second-order valence-corrected chi connectivity index (χ2v) is 11.7. The van der Waals surface area contributed by atoms with Gasteiger partial charge < -0.3 is 0 Å². The van der Waals surface area contributed by atoms with Gasteiger partial charge in [0.2, 0.25) is 0 Å². The summed E-state index contributed by atoms with van der Waals surface area (Å²) in [5.74, 6) is 2.90. The van der Waals surface area contributed by atoms with Crippen molar-refractivity contribution in [1.82, 2.24) is 4.98 Å². The van der Waals surface area contributed by atoms with Crippen LogP contribution >= 0.6 is 11.3 Å². The number of hydrogen-bond donors (Lipinski definition) is 0. The first-order chi connectivity index (χ1) is 14.2. The Hall–Kier alpha value is -1.67. The van der Waals surface area contributed by atoms with Gasteiger partial charge in [-0.1, -0.05) is 29.8 Å². The molecule has 2 heterocycles. The summed E-state index contributed by atoms with van der Waals surface area (Å²) >= 11 is 2.01. The van der Waals surface area contributed by atoms with Crippen LogP contribution in [0, 0.1) is 24.7 Å². The SMILES string of the molecule is Cc1ccc(-c2cc(C34CC5CC(CC(C5)C3)C4)nc3sc4c(c23)CCC4)cc1. The normalized spacial score (nSPS) is 32.2. The van der Waals surface area contributed by atoms with Crippen molar-refractivity contribution >= 4 is 21.6 Å². The van der Waals surface area contributed by atoms with E-state index in [-0.39, 0.29) is 0 Å². The summed E-state index contributed by atoms with van der Waals surface area (Å²) in [4.78, 5) is 8.40. The van der Waals surface area contributed by atoms with Crippen LogP contribution in [-0.4, -0.2) is 4.98 Å². The summed E-state index contributed by atoms with van der Waals surface area (Å²) in [6.45, 7) is 2.19. The van der Waals surface area contributed by atoms with Gasteiger partial charge in [0.15, 0.2) is 0 Å². The Morgan fingerprint density at radius 3 is 2.31 bits per heavy atom. The summed E-state index contributed by atoms with van der Waals surface area (Å²) in [6, 6.07) is 11.8. The molecule has 29 heavy (non-hydrogen) atoms. The Morgan fingerprint density at radius 2 is 1.62 bits per heavy atom. The van der Waals surface area contributed by atoms with Gasteiger partial charge in [-0.15, -0.1) is 11.3 Å². The second kappa shape index (κ2) is 5.94. The van der Waals surface area contributed by atoms with E-state index in [9.17, 15) is 0 Å². The molecule has 8 rings (SSSR count). The van der Waals surface area contributed by atoms with Crippen molar-refractivity contribution in [2.75, 3.05) is 0 Å². The molecule has 4 bridgehead atoms. The first-order valence-electron chi connectivity index (χ1n) is 11.7. The van der Waals surface area contributed by atoms with Crippen molar-refractivity contribution in [3.8, 4) is 11.1 Å². The number of benzene rings is 1. The molecular weight excluding hydrogens is 370 g/mol. The number of nitrogens with zero attached hydrogens (tertiary/aromatic N) is 1. The first-order valence-corrected chi connectivity index (χ1v) is 12.5. The molecule has 1 aromatic carbocycles. The molecule has 0 atom stereocenters. The number of aromatic nitrogens is 1. The smallest absolute Gasteiger partial charge is 0.124 e. The highest BCUT2D eigenvalue weighted by Gasteiger charge is 2.52. The Morgan fingerprint density at radius 1 is 0.931 bits per heavy atom. The largest absolute Gasteiger partial charge is 0.241 e. The molecule has 0 saturated heterocycles. The standard InChI is InChI=1S/C27H29NS/c1-16-5-7-20(8-6-16)22-12-24(28-26-25(22)21-3-2-4-23(21)29-26)27-13-17-9-18(14-27)11-19(10-17)15-27/h5-8,12,17-19H,2-4,9-11,13-15H2,1H3. The molecule has 0 aliphatic heterocycles. The Bertz CT molecular complexity index is 1080. The van der Waals surface area contributed by atoms with Crippen LogP contribution in [0.15, 0.2) is 30.3 Å². The van der Waals surface area contributed by atoms with Crippen LogP contribution in [0.25, 0.3) is 21.3 Å². The molecular formula is C27H29NS. The second-order valence-electron chi connectivity index (χ2n) is 10.7. The van der Waals surface area contributed by atoms with Gasteiger partial charge in [0, 0.05) is 21.4 Å². The summed E-state index contributed by atoms with van der Waals surface area (Å²) in [5.41, 5.74) is 7.64. The maximum absolute atomic E-state index is 5.45. The van der Waals surface area contributed by atoms with Gasteiger partial charge in [-0.25, -0.2) is 4.98 Å². The lowest BCUT2D eigenvalue weighted by molar-refractivity contribution is -0.00702. The van der Waals surface area contributed by atoms with Crippen LogP contribution in [0.1, 0.15) is 66.6 Å². The lowest BCUT2D eigenvalue weighted by Gasteiger charge is -2.56. The molecule has 2 aromatic heterocycles. The molecule has 0 spiro atoms. The molecule has 0 N–H and O–H groups in total. The zero-order valence-corrected chi connectivity index (χ0v) is 18.2. The van der Waals surface area contributed by atoms with Gasteiger partial charge >= 0.3 is 0 Å². The summed E-state index contributed by atoms with van der Waals surface area (Å²) in [6.07, 6.45) is 12.5. The van der Waals surface area contributed by atoms with Crippen LogP contribution in [0.4, 0.5) is 0 Å². The van der Waals surface area contributed by atoms with E-state index in [0.29, 0.717) is 5.41 Å². The van der Waals surface area contributed by atoms with Crippen molar-refractivity contribution in [3.63, 3.8) is 0 Å². The van der Waals surface area contributed by atoms with E-state index in [1.807, 2.05) is 11.3 Å². The number of aryl methyl sites for hydroxylation is 3. The van der Waals surface area contributed by atoms with E-state index in [2.05, 4.69) is 37.3 Å². The molecule has 5 aliphatic rings. The fraction of sp³-hybridized carbons (Fsp3) is 0.519. The van der Waals surface area contributed by atoms with Crippen molar-refractivity contribution in [2.24, 2.45) is 17.8 Å². The number of pyridine rings is 1. The zero-order valence-electron chi connectivity index (χ0n) is 17.3. The Kier molecular flexibility index (Phi) is 3.49. The lowest BCUT2D eigenvalue weighted by atomic mass is 9.48. The van der Waals surface area contributed by atoms with E-state index < -0.39 is 0 Å². The van der Waals surface area contributed by atoms with Gasteiger partial charge in [-0.3, -0.25) is 0 Å². The highest BCUT2D eigenvalue weighted by atomic mass is 32.1. The fourth-order valence-corrected chi connectivity index (χ4v) is 9.04. The van der Waals surface area contributed by atoms with Crippen LogP contribution in [0.3, 0.4) is 0 Å². The summed E-state index contributed by atoms with van der Waals surface area (Å²) in [5, 5.41) is 1.49. The maximum atomic E-state index is 5.45. The van der Waals surface area contributed by atoms with Crippen LogP contribution < -0.4 is 0 Å². The average Bonchev–Trinajstić information content (AvgIpc) is 3.28. The predicted molar refractivity (Wildman–Crippen MR) is 122 cm³/mol. The Balaban J connectivity index is 1.46. The van der Waals surface area contributed by atoms with Crippen LogP contribution in [0.5, 0.6) is 0 Å². The number of fused-ring (bicyclic) bond motifs is 3. The molecule has 2 heteroatoms. The van der Waals surface area contributed by atoms with Crippen LogP contribution in [0.2, 0.25) is 0 Å². The minimum absolute atomic E-state index is 0.372. The predicted octanol–water partition coefficient (Wildman–Crippen LogP) is 7.23.